The number of rotatable bonds is 6. The highest BCUT2D eigenvalue weighted by Crippen LogP contribution is 2.38. The second kappa shape index (κ2) is 8.64. The lowest BCUT2D eigenvalue weighted by molar-refractivity contribution is 0.418. The third-order valence-corrected chi connectivity index (χ3v) is 6.39. The van der Waals surface area contributed by atoms with Gasteiger partial charge in [0.05, 0.1) is 0 Å². The van der Waals surface area contributed by atoms with Gasteiger partial charge in [-0.25, -0.2) is 0 Å². The maximum atomic E-state index is 5.91. The Morgan fingerprint density at radius 2 is 1.79 bits per heavy atom. The summed E-state index contributed by atoms with van der Waals surface area (Å²) < 4.78 is 8.33. The molecule has 0 bridgehead atoms. The lowest BCUT2D eigenvalue weighted by atomic mass is 10.0. The summed E-state index contributed by atoms with van der Waals surface area (Å²) in [6.45, 7) is 1.95. The molecule has 0 radical (unpaired) electrons. The van der Waals surface area contributed by atoms with Crippen molar-refractivity contribution in [2.24, 2.45) is 0 Å². The minimum atomic E-state index is 0.350. The highest BCUT2D eigenvalue weighted by atomic mass is 16.5. The van der Waals surface area contributed by atoms with Crippen LogP contribution in [-0.2, 0) is 12.8 Å². The Morgan fingerprint density at radius 1 is 0.939 bits per heavy atom. The molecule has 0 amide bonds. The number of fused-ring (bicyclic) bond motifs is 1. The van der Waals surface area contributed by atoms with E-state index in [-0.39, 0.29) is 0 Å². The molecule has 3 aromatic heterocycles. The number of hydrogen-bond donors (Lipinski definition) is 1. The average molecular weight is 436 g/mol. The topological polar surface area (TPSA) is 68.8 Å². The third kappa shape index (κ3) is 3.83. The SMILES string of the molecule is c1ccc(Cc2c(-c3nc(Cc4cccnc4)no3)n(C3CCNC3)c3ccccc23)cc1. The number of hydrogen-bond acceptors (Lipinski definition) is 5. The van der Waals surface area contributed by atoms with Crippen LogP contribution in [0.15, 0.2) is 83.6 Å². The molecule has 6 rings (SSSR count). The van der Waals surface area contributed by atoms with E-state index in [2.05, 4.69) is 74.6 Å². The molecule has 33 heavy (non-hydrogen) atoms. The van der Waals surface area contributed by atoms with Gasteiger partial charge in [-0.05, 0) is 41.8 Å². The zero-order valence-corrected chi connectivity index (χ0v) is 18.3. The van der Waals surface area contributed by atoms with Crippen LogP contribution >= 0.6 is 0 Å². The van der Waals surface area contributed by atoms with Crippen LogP contribution in [0.1, 0.15) is 35.0 Å². The summed E-state index contributed by atoms with van der Waals surface area (Å²) in [5.41, 5.74) is 5.83. The van der Waals surface area contributed by atoms with Gasteiger partial charge >= 0.3 is 0 Å². The average Bonchev–Trinajstić information content (AvgIpc) is 3.60. The Hall–Kier alpha value is -3.77. The predicted molar refractivity (Wildman–Crippen MR) is 128 cm³/mol. The van der Waals surface area contributed by atoms with Gasteiger partial charge in [-0.1, -0.05) is 59.8 Å². The largest absolute Gasteiger partial charge is 0.332 e. The molecule has 1 N–H and O–H groups in total. The molecule has 1 atom stereocenters. The van der Waals surface area contributed by atoms with Crippen LogP contribution in [0.3, 0.4) is 0 Å². The highest BCUT2D eigenvalue weighted by molar-refractivity contribution is 5.91. The van der Waals surface area contributed by atoms with Gasteiger partial charge < -0.3 is 14.4 Å². The van der Waals surface area contributed by atoms with Gasteiger partial charge in [-0.2, -0.15) is 4.98 Å². The van der Waals surface area contributed by atoms with E-state index in [9.17, 15) is 0 Å². The molecule has 6 heteroatoms. The number of nitrogens with one attached hydrogen (secondary N) is 1. The van der Waals surface area contributed by atoms with Crippen LogP contribution in [0.2, 0.25) is 0 Å². The van der Waals surface area contributed by atoms with Crippen molar-refractivity contribution in [2.45, 2.75) is 25.3 Å². The van der Waals surface area contributed by atoms with Gasteiger partial charge in [-0.15, -0.1) is 0 Å². The van der Waals surface area contributed by atoms with Crippen molar-refractivity contribution in [1.82, 2.24) is 25.0 Å². The summed E-state index contributed by atoms with van der Waals surface area (Å²) in [6, 6.07) is 23.5. The second-order valence-electron chi connectivity index (χ2n) is 8.58. The van der Waals surface area contributed by atoms with Crippen LogP contribution < -0.4 is 5.32 Å². The molecular weight excluding hydrogens is 410 g/mol. The summed E-state index contributed by atoms with van der Waals surface area (Å²) in [4.78, 5) is 9.06. The Balaban J connectivity index is 1.51. The Labute approximate surface area is 192 Å². The standard InChI is InChI=1S/C27H25N5O/c1-2-7-19(8-3-1)15-23-22-10-4-5-11-24(22)32(21-12-14-29-18-21)26(23)27-30-25(31-33-27)16-20-9-6-13-28-17-20/h1-11,13,17,21,29H,12,14-16,18H2. The van der Waals surface area contributed by atoms with Crippen molar-refractivity contribution in [3.63, 3.8) is 0 Å². The first kappa shape index (κ1) is 19.9. The maximum absolute atomic E-state index is 5.91. The molecular formula is C27H25N5O. The molecule has 0 aliphatic carbocycles. The summed E-state index contributed by atoms with van der Waals surface area (Å²) in [5.74, 6) is 1.26. The van der Waals surface area contributed by atoms with Gasteiger partial charge in [-0.3, -0.25) is 4.98 Å². The molecule has 6 nitrogen and oxygen atoms in total. The molecule has 5 aromatic rings. The van der Waals surface area contributed by atoms with Crippen LogP contribution in [0.5, 0.6) is 0 Å². The molecule has 1 saturated heterocycles. The molecule has 0 spiro atoms. The number of para-hydroxylation sites is 1. The number of nitrogens with zero attached hydrogens (tertiary/aromatic N) is 4. The minimum Gasteiger partial charge on any atom is -0.332 e. The van der Waals surface area contributed by atoms with Crippen molar-refractivity contribution in [2.75, 3.05) is 13.1 Å². The smallest absolute Gasteiger partial charge is 0.274 e. The fraction of sp³-hybridized carbons (Fsp3) is 0.222. The van der Waals surface area contributed by atoms with E-state index in [4.69, 9.17) is 9.51 Å². The molecule has 1 aliphatic heterocycles. The van der Waals surface area contributed by atoms with E-state index in [1.165, 1.54) is 22.0 Å². The molecule has 0 saturated carbocycles. The van der Waals surface area contributed by atoms with Crippen molar-refractivity contribution >= 4 is 10.9 Å². The van der Waals surface area contributed by atoms with Crippen molar-refractivity contribution in [1.29, 1.82) is 0 Å². The third-order valence-electron chi connectivity index (χ3n) is 6.39. The van der Waals surface area contributed by atoms with Crippen molar-refractivity contribution < 1.29 is 4.52 Å². The quantitative estimate of drug-likeness (QED) is 0.415. The molecule has 2 aromatic carbocycles. The first-order valence-corrected chi connectivity index (χ1v) is 11.4. The van der Waals surface area contributed by atoms with E-state index >= 15 is 0 Å². The fourth-order valence-electron chi connectivity index (χ4n) is 4.89. The normalized spacial score (nSPS) is 15.9. The van der Waals surface area contributed by atoms with E-state index in [1.54, 1.807) is 6.20 Å². The van der Waals surface area contributed by atoms with Gasteiger partial charge in [0.25, 0.3) is 5.89 Å². The van der Waals surface area contributed by atoms with E-state index < -0.39 is 0 Å². The van der Waals surface area contributed by atoms with Gasteiger partial charge in [0.1, 0.15) is 5.69 Å². The Kier molecular flexibility index (Phi) is 5.20. The molecule has 1 aliphatic rings. The van der Waals surface area contributed by atoms with Crippen molar-refractivity contribution in [3.05, 3.63) is 102 Å². The number of benzene rings is 2. The molecule has 1 unspecified atom stereocenters. The van der Waals surface area contributed by atoms with Gasteiger partial charge in [0, 0.05) is 48.7 Å². The second-order valence-corrected chi connectivity index (χ2v) is 8.58. The van der Waals surface area contributed by atoms with Crippen LogP contribution in [0.4, 0.5) is 0 Å². The fourth-order valence-corrected chi connectivity index (χ4v) is 4.89. The van der Waals surface area contributed by atoms with E-state index in [1.807, 2.05) is 18.3 Å². The zero-order valence-electron chi connectivity index (χ0n) is 18.3. The number of pyridine rings is 1. The zero-order chi connectivity index (χ0) is 22.0. The monoisotopic (exact) mass is 435 g/mol. The van der Waals surface area contributed by atoms with Gasteiger partial charge in [0.15, 0.2) is 5.82 Å². The van der Waals surface area contributed by atoms with Crippen LogP contribution in [-0.4, -0.2) is 32.8 Å². The minimum absolute atomic E-state index is 0.350. The Morgan fingerprint density at radius 3 is 2.61 bits per heavy atom. The first-order valence-electron chi connectivity index (χ1n) is 11.4. The summed E-state index contributed by atoms with van der Waals surface area (Å²) in [5, 5.41) is 9.09. The summed E-state index contributed by atoms with van der Waals surface area (Å²) >= 11 is 0. The molecule has 164 valence electrons. The number of aromatic nitrogens is 4. The van der Waals surface area contributed by atoms with E-state index in [0.717, 1.165) is 37.2 Å². The molecule has 4 heterocycles. The van der Waals surface area contributed by atoms with Crippen LogP contribution in [0.25, 0.3) is 22.5 Å². The highest BCUT2D eigenvalue weighted by Gasteiger charge is 2.28. The van der Waals surface area contributed by atoms with Crippen molar-refractivity contribution in [3.8, 4) is 11.6 Å². The van der Waals surface area contributed by atoms with E-state index in [0.29, 0.717) is 24.2 Å². The van der Waals surface area contributed by atoms with Crippen LogP contribution in [0, 0.1) is 0 Å². The lowest BCUT2D eigenvalue weighted by Crippen LogP contribution is -2.14. The summed E-state index contributed by atoms with van der Waals surface area (Å²) in [6.07, 6.45) is 6.10. The maximum Gasteiger partial charge on any atom is 0.274 e. The summed E-state index contributed by atoms with van der Waals surface area (Å²) in [7, 11) is 0. The predicted octanol–water partition coefficient (Wildman–Crippen LogP) is 4.80. The van der Waals surface area contributed by atoms with Gasteiger partial charge in [0.2, 0.25) is 0 Å². The Bertz CT molecular complexity index is 1370. The first-order chi connectivity index (χ1) is 16.4. The lowest BCUT2D eigenvalue weighted by Gasteiger charge is -2.16. The molecule has 1 fully saturated rings.